The summed E-state index contributed by atoms with van der Waals surface area (Å²) in [6.07, 6.45) is 5.33. The molecule has 1 atom stereocenters. The largest absolute Gasteiger partial charge is 0.486 e. The Labute approximate surface area is 259 Å². The Morgan fingerprint density at radius 1 is 0.886 bits per heavy atom. The minimum Gasteiger partial charge on any atom is -0.486 e. The summed E-state index contributed by atoms with van der Waals surface area (Å²) in [5.74, 6) is 3.98. The molecular weight excluding hydrogens is 586 g/mol. The number of imidazole rings is 1. The second-order valence-corrected chi connectivity index (χ2v) is 11.2. The Morgan fingerprint density at radius 2 is 1.59 bits per heavy atom. The van der Waals surface area contributed by atoms with Gasteiger partial charge in [0.25, 0.3) is 0 Å². The number of nitrogens with zero attached hydrogens (tertiary/aromatic N) is 6. The smallest absolute Gasteiger partial charge is 0.238 e. The first-order valence-electron chi connectivity index (χ1n) is 14.6. The molecule has 3 aliphatic heterocycles. The highest BCUT2D eigenvalue weighted by Crippen LogP contribution is 2.33. The van der Waals surface area contributed by atoms with E-state index in [-0.39, 0.29) is 18.4 Å². The lowest BCUT2D eigenvalue weighted by Crippen LogP contribution is -2.54. The van der Waals surface area contributed by atoms with Crippen LogP contribution in [0.1, 0.15) is 17.5 Å². The molecule has 5 heterocycles. The van der Waals surface area contributed by atoms with Crippen molar-refractivity contribution in [1.29, 1.82) is 0 Å². The third kappa shape index (κ3) is 6.36. The van der Waals surface area contributed by atoms with Gasteiger partial charge < -0.3 is 29.2 Å². The van der Waals surface area contributed by atoms with E-state index in [4.69, 9.17) is 35.5 Å². The average Bonchev–Trinajstić information content (AvgIpc) is 3.59. The number of carbonyl (C=O) groups excluding carboxylic acids is 1. The van der Waals surface area contributed by atoms with Gasteiger partial charge in [0, 0.05) is 57.6 Å². The van der Waals surface area contributed by atoms with Crippen LogP contribution in [0, 0.1) is 0 Å². The van der Waals surface area contributed by atoms with Gasteiger partial charge in [-0.15, -0.1) is 0 Å². The molecule has 13 heteroatoms. The van der Waals surface area contributed by atoms with Gasteiger partial charge in [-0.05, 0) is 35.4 Å². The van der Waals surface area contributed by atoms with Crippen LogP contribution in [0.3, 0.4) is 0 Å². The van der Waals surface area contributed by atoms with Crippen LogP contribution in [0.5, 0.6) is 23.0 Å². The summed E-state index contributed by atoms with van der Waals surface area (Å²) in [5, 5.41) is 3.41. The van der Waals surface area contributed by atoms with E-state index in [1.807, 2.05) is 30.3 Å². The standard InChI is InChI=1S/C31H32ClN7O5/c32-28-16-29(36-31(35-28)38-6-5-33-20-38)39-8-7-37(18-22-2-4-25-27(14-22)44-12-10-42-25)19-23(39)15-30(40)34-17-21-1-3-24-26(13-21)43-11-9-41-24/h1-6,13-14,16,20,23H,7-12,15,17-19H2,(H,34,40). The normalized spacial score (nSPS) is 17.8. The van der Waals surface area contributed by atoms with E-state index >= 15 is 0 Å². The highest BCUT2D eigenvalue weighted by molar-refractivity contribution is 6.29. The maximum atomic E-state index is 13.4. The van der Waals surface area contributed by atoms with E-state index in [0.29, 0.717) is 75.3 Å². The van der Waals surface area contributed by atoms with Crippen molar-refractivity contribution in [2.24, 2.45) is 0 Å². The first-order valence-corrected chi connectivity index (χ1v) is 15.0. The van der Waals surface area contributed by atoms with Crippen molar-refractivity contribution >= 4 is 23.3 Å². The molecule has 0 aliphatic carbocycles. The van der Waals surface area contributed by atoms with Crippen molar-refractivity contribution < 1.29 is 23.7 Å². The van der Waals surface area contributed by atoms with Crippen LogP contribution in [0.4, 0.5) is 5.82 Å². The molecule has 2 aromatic heterocycles. The van der Waals surface area contributed by atoms with Gasteiger partial charge in [-0.3, -0.25) is 14.3 Å². The van der Waals surface area contributed by atoms with E-state index in [2.05, 4.69) is 31.2 Å². The number of hydrogen-bond acceptors (Lipinski definition) is 10. The fourth-order valence-corrected chi connectivity index (χ4v) is 5.88. The first-order chi connectivity index (χ1) is 21.6. The molecule has 4 aromatic rings. The van der Waals surface area contributed by atoms with Gasteiger partial charge in [0.15, 0.2) is 23.0 Å². The van der Waals surface area contributed by atoms with Crippen molar-refractivity contribution in [2.75, 3.05) is 51.0 Å². The molecular formula is C31H32ClN7O5. The zero-order valence-corrected chi connectivity index (χ0v) is 24.8. The van der Waals surface area contributed by atoms with Gasteiger partial charge in [0.05, 0.1) is 6.04 Å². The molecule has 2 aromatic carbocycles. The summed E-state index contributed by atoms with van der Waals surface area (Å²) in [7, 11) is 0. The molecule has 1 unspecified atom stereocenters. The number of amides is 1. The number of rotatable bonds is 8. The molecule has 3 aliphatic rings. The number of piperazine rings is 1. The lowest BCUT2D eigenvalue weighted by Gasteiger charge is -2.42. The number of halogens is 1. The van der Waals surface area contributed by atoms with E-state index in [1.165, 1.54) is 0 Å². The van der Waals surface area contributed by atoms with Crippen molar-refractivity contribution in [2.45, 2.75) is 25.6 Å². The summed E-state index contributed by atoms with van der Waals surface area (Å²) < 4.78 is 24.5. The Bertz CT molecular complexity index is 1640. The number of ether oxygens (including phenoxy) is 4. The van der Waals surface area contributed by atoms with Crippen molar-refractivity contribution in [3.63, 3.8) is 0 Å². The number of anilines is 1. The lowest BCUT2D eigenvalue weighted by atomic mass is 10.1. The first kappa shape index (κ1) is 28.2. The minimum atomic E-state index is -0.164. The van der Waals surface area contributed by atoms with Gasteiger partial charge in [-0.25, -0.2) is 9.97 Å². The Balaban J connectivity index is 1.08. The van der Waals surface area contributed by atoms with Gasteiger partial charge >= 0.3 is 0 Å². The SMILES string of the molecule is O=C(CC1CN(Cc2ccc3c(c2)OCCO3)CCN1c1cc(Cl)nc(-n2ccnc2)n1)NCc1ccc2c(c1)OCCO2. The quantitative estimate of drug-likeness (QED) is 0.295. The van der Waals surface area contributed by atoms with E-state index < -0.39 is 0 Å². The predicted octanol–water partition coefficient (Wildman–Crippen LogP) is 3.26. The van der Waals surface area contributed by atoms with Gasteiger partial charge in [0.1, 0.15) is 43.7 Å². The molecule has 1 fully saturated rings. The number of carbonyl (C=O) groups is 1. The topological polar surface area (TPSA) is 116 Å². The van der Waals surface area contributed by atoms with Crippen molar-refractivity contribution in [3.05, 3.63) is 77.5 Å². The van der Waals surface area contributed by atoms with Gasteiger partial charge in [-0.2, -0.15) is 4.98 Å². The van der Waals surface area contributed by atoms with Gasteiger partial charge in [0.2, 0.25) is 11.9 Å². The number of benzene rings is 2. The van der Waals surface area contributed by atoms with Crippen LogP contribution in [0.2, 0.25) is 5.15 Å². The van der Waals surface area contributed by atoms with E-state index in [0.717, 1.165) is 34.9 Å². The summed E-state index contributed by atoms with van der Waals surface area (Å²) >= 11 is 6.46. The van der Waals surface area contributed by atoms with Crippen LogP contribution in [0.15, 0.2) is 61.2 Å². The number of aromatic nitrogens is 4. The fourth-order valence-electron chi connectivity index (χ4n) is 5.70. The number of fused-ring (bicyclic) bond motifs is 2. The van der Waals surface area contributed by atoms with Crippen LogP contribution in [0.25, 0.3) is 5.95 Å². The van der Waals surface area contributed by atoms with E-state index in [9.17, 15) is 4.79 Å². The molecule has 0 spiro atoms. The van der Waals surface area contributed by atoms with Crippen molar-refractivity contribution in [1.82, 2.24) is 29.7 Å². The predicted molar refractivity (Wildman–Crippen MR) is 162 cm³/mol. The third-order valence-electron chi connectivity index (χ3n) is 7.80. The molecule has 1 N–H and O–H groups in total. The summed E-state index contributed by atoms with van der Waals surface area (Å²) in [4.78, 5) is 31.2. The second-order valence-electron chi connectivity index (χ2n) is 10.8. The monoisotopic (exact) mass is 617 g/mol. The summed E-state index contributed by atoms with van der Waals surface area (Å²) in [5.41, 5.74) is 2.06. The molecule has 228 valence electrons. The Hall–Kier alpha value is -4.55. The maximum Gasteiger partial charge on any atom is 0.238 e. The zero-order chi connectivity index (χ0) is 29.9. The highest BCUT2D eigenvalue weighted by Gasteiger charge is 2.31. The average molecular weight is 618 g/mol. The molecule has 0 saturated carbocycles. The molecule has 0 radical (unpaired) electrons. The van der Waals surface area contributed by atoms with Crippen LogP contribution in [-0.2, 0) is 17.9 Å². The van der Waals surface area contributed by atoms with Crippen LogP contribution < -0.4 is 29.2 Å². The summed E-state index contributed by atoms with van der Waals surface area (Å²) in [6, 6.07) is 13.4. The van der Waals surface area contributed by atoms with Crippen LogP contribution >= 0.6 is 11.6 Å². The van der Waals surface area contributed by atoms with Crippen molar-refractivity contribution in [3.8, 4) is 28.9 Å². The fraction of sp³-hybridized carbons (Fsp3) is 0.355. The third-order valence-corrected chi connectivity index (χ3v) is 7.99. The molecule has 0 bridgehead atoms. The zero-order valence-electron chi connectivity index (χ0n) is 24.0. The number of nitrogens with one attached hydrogen (secondary N) is 1. The molecule has 1 saturated heterocycles. The second kappa shape index (κ2) is 12.6. The lowest BCUT2D eigenvalue weighted by molar-refractivity contribution is -0.121. The number of hydrogen-bond donors (Lipinski definition) is 1. The maximum absolute atomic E-state index is 13.4. The molecule has 12 nitrogen and oxygen atoms in total. The van der Waals surface area contributed by atoms with E-state index in [1.54, 1.807) is 29.4 Å². The summed E-state index contributed by atoms with van der Waals surface area (Å²) in [6.45, 7) is 5.31. The molecule has 1 amide bonds. The molecule has 7 rings (SSSR count). The minimum absolute atomic E-state index is 0.0638. The Morgan fingerprint density at radius 3 is 2.32 bits per heavy atom. The highest BCUT2D eigenvalue weighted by atomic mass is 35.5. The van der Waals surface area contributed by atoms with Crippen LogP contribution in [-0.4, -0.2) is 82.4 Å². The van der Waals surface area contributed by atoms with Gasteiger partial charge in [-0.1, -0.05) is 23.7 Å². The Kier molecular flexibility index (Phi) is 8.08. The molecule has 44 heavy (non-hydrogen) atoms.